The Morgan fingerprint density at radius 1 is 1.32 bits per heavy atom. The molecule has 1 fully saturated rings. The van der Waals surface area contributed by atoms with E-state index in [0.29, 0.717) is 5.92 Å². The van der Waals surface area contributed by atoms with Crippen LogP contribution in [-0.4, -0.2) is 28.9 Å². The molecule has 0 spiro atoms. The first-order valence-corrected chi connectivity index (χ1v) is 9.18. The van der Waals surface area contributed by atoms with Crippen LogP contribution in [0.4, 0.5) is 0 Å². The zero-order valence-corrected chi connectivity index (χ0v) is 13.7. The monoisotopic (exact) mass is 328 g/mol. The van der Waals surface area contributed by atoms with Crippen molar-refractivity contribution in [2.45, 2.75) is 18.8 Å². The number of benzene rings is 1. The van der Waals surface area contributed by atoms with Gasteiger partial charge in [0.25, 0.3) is 5.91 Å². The molecule has 4 rings (SSSR count). The summed E-state index contributed by atoms with van der Waals surface area (Å²) in [5.41, 5.74) is 0. The number of hydrogen-bond donors (Lipinski definition) is 0. The molecule has 1 saturated heterocycles. The summed E-state index contributed by atoms with van der Waals surface area (Å²) in [4.78, 5) is 20.1. The van der Waals surface area contributed by atoms with E-state index in [9.17, 15) is 4.79 Å². The van der Waals surface area contributed by atoms with Gasteiger partial charge >= 0.3 is 0 Å². The van der Waals surface area contributed by atoms with Crippen molar-refractivity contribution in [3.63, 3.8) is 0 Å². The molecule has 3 heterocycles. The predicted octanol–water partition coefficient (Wildman–Crippen LogP) is 4.38. The number of fused-ring (bicyclic) bond motifs is 1. The summed E-state index contributed by atoms with van der Waals surface area (Å²) < 4.78 is 1.18. The summed E-state index contributed by atoms with van der Waals surface area (Å²) in [5.74, 6) is 0.564. The second-order valence-corrected chi connectivity index (χ2v) is 7.62. The summed E-state index contributed by atoms with van der Waals surface area (Å²) in [6, 6.07) is 10.2. The van der Waals surface area contributed by atoms with Gasteiger partial charge in [-0.15, -0.1) is 22.7 Å². The minimum Gasteiger partial charge on any atom is -0.337 e. The minimum atomic E-state index is 0.169. The molecule has 0 bridgehead atoms. The van der Waals surface area contributed by atoms with E-state index >= 15 is 0 Å². The van der Waals surface area contributed by atoms with E-state index in [1.165, 1.54) is 4.70 Å². The molecule has 3 aromatic rings. The zero-order valence-electron chi connectivity index (χ0n) is 12.1. The van der Waals surface area contributed by atoms with Crippen molar-refractivity contribution in [2.24, 2.45) is 0 Å². The van der Waals surface area contributed by atoms with E-state index in [1.807, 2.05) is 34.7 Å². The van der Waals surface area contributed by atoms with Gasteiger partial charge in [0.2, 0.25) is 0 Å². The number of amides is 1. The fraction of sp³-hybridized carbons (Fsp3) is 0.294. The number of rotatable bonds is 2. The Bertz CT molecular complexity index is 761. The number of nitrogens with zero attached hydrogens (tertiary/aromatic N) is 2. The molecule has 0 aliphatic carbocycles. The molecule has 0 N–H and O–H groups in total. The maximum Gasteiger partial charge on any atom is 0.263 e. The van der Waals surface area contributed by atoms with Gasteiger partial charge in [0.1, 0.15) is 0 Å². The molecule has 1 aliphatic heterocycles. The smallest absolute Gasteiger partial charge is 0.263 e. The number of carbonyl (C=O) groups is 1. The van der Waals surface area contributed by atoms with Crippen molar-refractivity contribution in [2.75, 3.05) is 13.1 Å². The maximum atomic E-state index is 12.8. The second kappa shape index (κ2) is 5.82. The lowest BCUT2D eigenvalue weighted by atomic mass is 9.98. The van der Waals surface area contributed by atoms with Crippen LogP contribution in [-0.2, 0) is 0 Å². The highest BCUT2D eigenvalue weighted by molar-refractivity contribution is 7.20. The topological polar surface area (TPSA) is 33.2 Å². The summed E-state index contributed by atoms with van der Waals surface area (Å²) in [7, 11) is 0. The summed E-state index contributed by atoms with van der Waals surface area (Å²) >= 11 is 3.29. The highest BCUT2D eigenvalue weighted by atomic mass is 32.1. The van der Waals surface area contributed by atoms with Gasteiger partial charge in [-0.2, -0.15) is 0 Å². The molecule has 112 valence electrons. The SMILES string of the molecule is O=C(c1cc2ccccc2s1)N1CCC[C@@H](c2nccs2)C1. The number of thiophene rings is 1. The molecule has 1 aromatic carbocycles. The van der Waals surface area contributed by atoms with Crippen LogP contribution < -0.4 is 0 Å². The Morgan fingerprint density at radius 2 is 2.23 bits per heavy atom. The van der Waals surface area contributed by atoms with Gasteiger partial charge in [0.15, 0.2) is 0 Å². The molecular formula is C17H16N2OS2. The van der Waals surface area contributed by atoms with E-state index in [4.69, 9.17) is 0 Å². The van der Waals surface area contributed by atoms with Crippen LogP contribution in [0.2, 0.25) is 0 Å². The van der Waals surface area contributed by atoms with Gasteiger partial charge in [-0.1, -0.05) is 18.2 Å². The quantitative estimate of drug-likeness (QED) is 0.699. The van der Waals surface area contributed by atoms with Crippen LogP contribution in [0, 0.1) is 0 Å². The van der Waals surface area contributed by atoms with Gasteiger partial charge in [0, 0.05) is 35.3 Å². The van der Waals surface area contributed by atoms with E-state index in [2.05, 4.69) is 17.1 Å². The van der Waals surface area contributed by atoms with Crippen LogP contribution in [0.15, 0.2) is 41.9 Å². The third kappa shape index (κ3) is 2.55. The van der Waals surface area contributed by atoms with E-state index in [1.54, 1.807) is 22.7 Å². The first kappa shape index (κ1) is 13.9. The van der Waals surface area contributed by atoms with Crippen LogP contribution >= 0.6 is 22.7 Å². The number of hydrogen-bond acceptors (Lipinski definition) is 4. The highest BCUT2D eigenvalue weighted by Crippen LogP contribution is 2.31. The lowest BCUT2D eigenvalue weighted by Gasteiger charge is -2.31. The van der Waals surface area contributed by atoms with Crippen LogP contribution in [0.3, 0.4) is 0 Å². The molecule has 1 atom stereocenters. The number of piperidine rings is 1. The van der Waals surface area contributed by atoms with Gasteiger partial charge < -0.3 is 4.90 Å². The van der Waals surface area contributed by atoms with Crippen molar-refractivity contribution in [3.8, 4) is 0 Å². The highest BCUT2D eigenvalue weighted by Gasteiger charge is 2.27. The predicted molar refractivity (Wildman–Crippen MR) is 91.8 cm³/mol. The van der Waals surface area contributed by atoms with Gasteiger partial charge in [-0.05, 0) is 30.4 Å². The summed E-state index contributed by atoms with van der Waals surface area (Å²) in [6.07, 6.45) is 4.04. The first-order valence-electron chi connectivity index (χ1n) is 7.48. The van der Waals surface area contributed by atoms with Gasteiger partial charge in [-0.25, -0.2) is 4.98 Å². The largest absolute Gasteiger partial charge is 0.337 e. The van der Waals surface area contributed by atoms with Crippen molar-refractivity contribution in [3.05, 3.63) is 51.8 Å². The molecule has 22 heavy (non-hydrogen) atoms. The third-order valence-corrected chi connectivity index (χ3v) is 6.19. The van der Waals surface area contributed by atoms with E-state index < -0.39 is 0 Å². The third-order valence-electron chi connectivity index (χ3n) is 4.15. The number of aromatic nitrogens is 1. The van der Waals surface area contributed by atoms with Crippen molar-refractivity contribution in [1.29, 1.82) is 0 Å². The fourth-order valence-electron chi connectivity index (χ4n) is 3.04. The lowest BCUT2D eigenvalue weighted by molar-refractivity contribution is 0.0712. The number of carbonyl (C=O) groups excluding carboxylic acids is 1. The van der Waals surface area contributed by atoms with Gasteiger partial charge in [0.05, 0.1) is 9.88 Å². The average molecular weight is 328 g/mol. The standard InChI is InChI=1S/C17H16N2OS2/c20-17(15-10-12-4-1-2-6-14(12)22-15)19-8-3-5-13(11-19)16-18-7-9-21-16/h1-2,4,6-7,9-10,13H,3,5,8,11H2/t13-/m1/s1. The minimum absolute atomic E-state index is 0.169. The molecule has 1 amide bonds. The van der Waals surface area contributed by atoms with Crippen molar-refractivity contribution >= 4 is 38.7 Å². The molecule has 3 nitrogen and oxygen atoms in total. The van der Waals surface area contributed by atoms with Crippen LogP contribution in [0.5, 0.6) is 0 Å². The van der Waals surface area contributed by atoms with Crippen LogP contribution in [0.25, 0.3) is 10.1 Å². The molecule has 1 aliphatic rings. The van der Waals surface area contributed by atoms with Gasteiger partial charge in [-0.3, -0.25) is 4.79 Å². The Balaban J connectivity index is 1.56. The normalized spacial score (nSPS) is 18.7. The lowest BCUT2D eigenvalue weighted by Crippen LogP contribution is -2.38. The maximum absolute atomic E-state index is 12.8. The number of likely N-dealkylation sites (tertiary alicyclic amines) is 1. The molecule has 5 heteroatoms. The molecule has 0 saturated carbocycles. The Hall–Kier alpha value is -1.72. The van der Waals surface area contributed by atoms with E-state index in [0.717, 1.165) is 41.2 Å². The summed E-state index contributed by atoms with van der Waals surface area (Å²) in [6.45, 7) is 1.65. The summed E-state index contributed by atoms with van der Waals surface area (Å²) in [5, 5.41) is 4.33. The van der Waals surface area contributed by atoms with E-state index in [-0.39, 0.29) is 5.91 Å². The molecule has 2 aromatic heterocycles. The van der Waals surface area contributed by atoms with Crippen molar-refractivity contribution < 1.29 is 4.79 Å². The number of thiazole rings is 1. The Labute approximate surface area is 137 Å². The zero-order chi connectivity index (χ0) is 14.9. The van der Waals surface area contributed by atoms with Crippen LogP contribution in [0.1, 0.15) is 33.4 Å². The second-order valence-electron chi connectivity index (χ2n) is 5.61. The molecule has 0 unspecified atom stereocenters. The average Bonchev–Trinajstić information content (AvgIpc) is 3.23. The van der Waals surface area contributed by atoms with Crippen molar-refractivity contribution in [1.82, 2.24) is 9.88 Å². The first-order chi connectivity index (χ1) is 10.8. The fourth-order valence-corrected chi connectivity index (χ4v) is 4.84. The molecular weight excluding hydrogens is 312 g/mol. The molecule has 0 radical (unpaired) electrons. The Kier molecular flexibility index (Phi) is 3.68. The Morgan fingerprint density at radius 3 is 3.05 bits per heavy atom.